The summed E-state index contributed by atoms with van der Waals surface area (Å²) in [4.78, 5) is 22.2. The molecule has 5 heteroatoms. The number of para-hydroxylation sites is 1. The van der Waals surface area contributed by atoms with Crippen molar-refractivity contribution in [1.29, 1.82) is 0 Å². The number of aliphatic carboxylic acids is 1. The van der Waals surface area contributed by atoms with E-state index in [0.717, 1.165) is 6.42 Å². The number of anilines is 1. The first kappa shape index (κ1) is 16.0. The van der Waals surface area contributed by atoms with Gasteiger partial charge in [-0.1, -0.05) is 26.0 Å². The molecule has 0 aromatic heterocycles. The van der Waals surface area contributed by atoms with E-state index in [0.29, 0.717) is 23.7 Å². The minimum atomic E-state index is -0.805. The van der Waals surface area contributed by atoms with Crippen LogP contribution in [0.5, 0.6) is 0 Å². The number of carbonyl (C=O) groups is 2. The number of nitrogens with one attached hydrogen (secondary N) is 1. The molecule has 1 aromatic carbocycles. The van der Waals surface area contributed by atoms with Crippen molar-refractivity contribution in [3.63, 3.8) is 0 Å². The summed E-state index contributed by atoms with van der Waals surface area (Å²) in [5.74, 6) is -0.853. The Bertz CT molecular complexity index is 472. The fraction of sp³-hybridized carbons (Fsp3) is 0.467. The van der Waals surface area contributed by atoms with E-state index in [1.54, 1.807) is 18.2 Å². The normalized spacial score (nSPS) is 12.2. The Kier molecular flexibility index (Phi) is 6.03. The lowest BCUT2D eigenvalue weighted by Gasteiger charge is -2.19. The van der Waals surface area contributed by atoms with Gasteiger partial charge in [0, 0.05) is 18.7 Å². The van der Waals surface area contributed by atoms with Crippen LogP contribution in [0.4, 0.5) is 5.69 Å². The number of hydrogen-bond donors (Lipinski definition) is 3. The summed E-state index contributed by atoms with van der Waals surface area (Å²) >= 11 is 0. The molecule has 1 amide bonds. The zero-order valence-electron chi connectivity index (χ0n) is 11.9. The van der Waals surface area contributed by atoms with E-state index in [1.165, 1.54) is 0 Å². The molecule has 0 saturated carbocycles. The number of hydrogen-bond acceptors (Lipinski definition) is 3. The van der Waals surface area contributed by atoms with Crippen molar-refractivity contribution in [1.82, 2.24) is 0 Å². The molecule has 0 aliphatic rings. The first-order valence-electron chi connectivity index (χ1n) is 6.74. The van der Waals surface area contributed by atoms with Gasteiger partial charge in [-0.15, -0.1) is 0 Å². The van der Waals surface area contributed by atoms with Crippen LogP contribution in [-0.4, -0.2) is 23.5 Å². The van der Waals surface area contributed by atoms with Gasteiger partial charge in [0.15, 0.2) is 0 Å². The molecule has 1 atom stereocenters. The van der Waals surface area contributed by atoms with Crippen LogP contribution in [0.25, 0.3) is 0 Å². The Hall–Kier alpha value is -2.04. The minimum Gasteiger partial charge on any atom is -0.481 e. The molecule has 20 heavy (non-hydrogen) atoms. The maximum absolute atomic E-state index is 11.3. The highest BCUT2D eigenvalue weighted by Gasteiger charge is 2.16. The number of carboxylic acid groups (broad SMARTS) is 1. The molecule has 110 valence electrons. The standard InChI is InChI=1S/C15H22N2O3/c1-10(2)7-11(8-14(18)19)9-17-13-6-4-3-5-12(13)15(16)20/h3-6,10-11,17H,7-9H2,1-2H3,(H2,16,20)(H,18,19). The highest BCUT2D eigenvalue weighted by atomic mass is 16.4. The summed E-state index contributed by atoms with van der Waals surface area (Å²) in [6.07, 6.45) is 0.932. The molecule has 0 spiro atoms. The molecule has 1 rings (SSSR count). The van der Waals surface area contributed by atoms with Gasteiger partial charge >= 0.3 is 5.97 Å². The van der Waals surface area contributed by atoms with Crippen LogP contribution in [0.2, 0.25) is 0 Å². The molecule has 1 aromatic rings. The maximum atomic E-state index is 11.3. The number of carbonyl (C=O) groups excluding carboxylic acids is 1. The average Bonchev–Trinajstić information content (AvgIpc) is 2.34. The summed E-state index contributed by atoms with van der Waals surface area (Å²) in [6, 6.07) is 6.98. The van der Waals surface area contributed by atoms with Crippen LogP contribution >= 0.6 is 0 Å². The van der Waals surface area contributed by atoms with Gasteiger partial charge in [-0.3, -0.25) is 9.59 Å². The molecule has 0 bridgehead atoms. The first-order valence-corrected chi connectivity index (χ1v) is 6.74. The Labute approximate surface area is 119 Å². The second-order valence-electron chi connectivity index (χ2n) is 5.38. The Balaban J connectivity index is 2.71. The van der Waals surface area contributed by atoms with Gasteiger partial charge in [0.25, 0.3) is 5.91 Å². The average molecular weight is 278 g/mol. The van der Waals surface area contributed by atoms with Gasteiger partial charge < -0.3 is 16.2 Å². The van der Waals surface area contributed by atoms with Crippen LogP contribution in [0.3, 0.4) is 0 Å². The van der Waals surface area contributed by atoms with Crippen LogP contribution in [-0.2, 0) is 4.79 Å². The van der Waals surface area contributed by atoms with Crippen LogP contribution in [0.1, 0.15) is 37.0 Å². The molecule has 4 N–H and O–H groups in total. The lowest BCUT2D eigenvalue weighted by atomic mass is 9.94. The quantitative estimate of drug-likeness (QED) is 0.680. The SMILES string of the molecule is CC(C)CC(CNc1ccccc1C(N)=O)CC(=O)O. The minimum absolute atomic E-state index is 0.0217. The predicted octanol–water partition coefficient (Wildman–Crippen LogP) is 2.33. The molecule has 1 unspecified atom stereocenters. The third-order valence-corrected chi connectivity index (χ3v) is 3.04. The number of amides is 1. The number of benzene rings is 1. The van der Waals surface area contributed by atoms with Crippen molar-refractivity contribution < 1.29 is 14.7 Å². The zero-order valence-corrected chi connectivity index (χ0v) is 11.9. The van der Waals surface area contributed by atoms with Gasteiger partial charge in [0.05, 0.1) is 5.56 Å². The fourth-order valence-corrected chi connectivity index (χ4v) is 2.26. The van der Waals surface area contributed by atoms with Crippen LogP contribution in [0, 0.1) is 11.8 Å². The predicted molar refractivity (Wildman–Crippen MR) is 78.6 cm³/mol. The second kappa shape index (κ2) is 7.53. The molecule has 0 aliphatic carbocycles. The third-order valence-electron chi connectivity index (χ3n) is 3.04. The van der Waals surface area contributed by atoms with Crippen molar-refractivity contribution in [2.45, 2.75) is 26.7 Å². The highest BCUT2D eigenvalue weighted by Crippen LogP contribution is 2.19. The zero-order chi connectivity index (χ0) is 15.1. The number of nitrogens with two attached hydrogens (primary N) is 1. The van der Waals surface area contributed by atoms with Gasteiger partial charge in [-0.2, -0.15) is 0 Å². The number of rotatable bonds is 8. The summed E-state index contributed by atoms with van der Waals surface area (Å²) in [7, 11) is 0. The van der Waals surface area contributed by atoms with E-state index in [1.807, 2.05) is 6.07 Å². The third kappa shape index (κ3) is 5.30. The maximum Gasteiger partial charge on any atom is 0.303 e. The Morgan fingerprint density at radius 3 is 2.50 bits per heavy atom. The van der Waals surface area contributed by atoms with Crippen molar-refractivity contribution in [2.75, 3.05) is 11.9 Å². The molecule has 0 aliphatic heterocycles. The van der Waals surface area contributed by atoms with Crippen molar-refractivity contribution in [3.8, 4) is 0 Å². The van der Waals surface area contributed by atoms with Gasteiger partial charge in [-0.25, -0.2) is 0 Å². The first-order chi connectivity index (χ1) is 9.40. The summed E-state index contributed by atoms with van der Waals surface area (Å²) in [6.45, 7) is 4.63. The van der Waals surface area contributed by atoms with Gasteiger partial charge in [0.1, 0.15) is 0 Å². The van der Waals surface area contributed by atoms with Gasteiger partial charge in [0.2, 0.25) is 0 Å². The lowest BCUT2D eigenvalue weighted by Crippen LogP contribution is -2.21. The molecule has 5 nitrogen and oxygen atoms in total. The van der Waals surface area contributed by atoms with E-state index in [9.17, 15) is 9.59 Å². The van der Waals surface area contributed by atoms with E-state index in [2.05, 4.69) is 19.2 Å². The number of carboxylic acids is 1. The molecular weight excluding hydrogens is 256 g/mol. The lowest BCUT2D eigenvalue weighted by molar-refractivity contribution is -0.138. The van der Waals surface area contributed by atoms with Crippen LogP contribution < -0.4 is 11.1 Å². The fourth-order valence-electron chi connectivity index (χ4n) is 2.26. The van der Waals surface area contributed by atoms with Crippen molar-refractivity contribution in [3.05, 3.63) is 29.8 Å². The molecule has 0 heterocycles. The van der Waals surface area contributed by atoms with Gasteiger partial charge in [-0.05, 0) is 30.4 Å². The summed E-state index contributed by atoms with van der Waals surface area (Å²) in [5.41, 5.74) is 6.38. The molecule has 0 radical (unpaired) electrons. The van der Waals surface area contributed by atoms with Crippen molar-refractivity contribution in [2.24, 2.45) is 17.6 Å². The molecule has 0 saturated heterocycles. The molecule has 0 fully saturated rings. The van der Waals surface area contributed by atoms with E-state index >= 15 is 0 Å². The Morgan fingerprint density at radius 1 is 1.30 bits per heavy atom. The smallest absolute Gasteiger partial charge is 0.303 e. The monoisotopic (exact) mass is 278 g/mol. The number of primary amides is 1. The summed E-state index contributed by atoms with van der Waals surface area (Å²) in [5, 5.41) is 12.1. The largest absolute Gasteiger partial charge is 0.481 e. The highest BCUT2D eigenvalue weighted by molar-refractivity contribution is 5.98. The topological polar surface area (TPSA) is 92.4 Å². The molecular formula is C15H22N2O3. The second-order valence-corrected chi connectivity index (χ2v) is 5.38. The Morgan fingerprint density at radius 2 is 1.95 bits per heavy atom. The van der Waals surface area contributed by atoms with E-state index < -0.39 is 11.9 Å². The van der Waals surface area contributed by atoms with Crippen molar-refractivity contribution >= 4 is 17.6 Å². The van der Waals surface area contributed by atoms with E-state index in [-0.39, 0.29) is 12.3 Å². The van der Waals surface area contributed by atoms with Crippen LogP contribution in [0.15, 0.2) is 24.3 Å². The summed E-state index contributed by atoms with van der Waals surface area (Å²) < 4.78 is 0. The van der Waals surface area contributed by atoms with E-state index in [4.69, 9.17) is 10.8 Å².